The van der Waals surface area contributed by atoms with Crippen molar-refractivity contribution >= 4 is 27.8 Å². The van der Waals surface area contributed by atoms with Gasteiger partial charge in [0.2, 0.25) is 5.91 Å². The topological polar surface area (TPSA) is 34.9 Å². The third-order valence-corrected chi connectivity index (χ3v) is 2.98. The van der Waals surface area contributed by atoms with Crippen molar-refractivity contribution in [1.29, 1.82) is 0 Å². The van der Waals surface area contributed by atoms with Crippen LogP contribution in [0.2, 0.25) is 0 Å². The summed E-state index contributed by atoms with van der Waals surface area (Å²) in [4.78, 5) is 16.2. The van der Waals surface area contributed by atoms with Gasteiger partial charge in [0.1, 0.15) is 5.65 Å². The number of hydrogen-bond donors (Lipinski definition) is 0. The van der Waals surface area contributed by atoms with Gasteiger partial charge in [0.15, 0.2) is 0 Å². The first-order valence-corrected chi connectivity index (χ1v) is 5.56. The molecule has 17 heavy (non-hydrogen) atoms. The molecule has 3 aromatic rings. The zero-order valence-corrected chi connectivity index (χ0v) is 9.77. The van der Waals surface area contributed by atoms with Crippen molar-refractivity contribution in [2.24, 2.45) is 0 Å². The molecule has 2 aromatic heterocycles. The number of hydrogen-bond acceptors (Lipinski definition) is 2. The number of pyridine rings is 1. The molecule has 0 aliphatic rings. The molecule has 1 aromatic carbocycles. The van der Waals surface area contributed by atoms with Crippen molar-refractivity contribution < 1.29 is 4.79 Å². The third-order valence-electron chi connectivity index (χ3n) is 2.98. The second-order valence-electron chi connectivity index (χ2n) is 4.20. The van der Waals surface area contributed by atoms with E-state index in [1.165, 1.54) is 0 Å². The fraction of sp³-hybridized carbons (Fsp3) is 0.143. The van der Waals surface area contributed by atoms with Crippen molar-refractivity contribution in [1.82, 2.24) is 9.55 Å². The maximum atomic E-state index is 11.8. The SMILES string of the molecule is CC(=O)n1c2ccccc2c2ccc(C)nc21. The van der Waals surface area contributed by atoms with Crippen LogP contribution in [0.1, 0.15) is 17.4 Å². The summed E-state index contributed by atoms with van der Waals surface area (Å²) in [7, 11) is 0. The van der Waals surface area contributed by atoms with E-state index in [1.54, 1.807) is 11.5 Å². The molecule has 3 heteroatoms. The molecular formula is C14H12N2O. The molecule has 0 spiro atoms. The molecule has 3 nitrogen and oxygen atoms in total. The third kappa shape index (κ3) is 1.35. The van der Waals surface area contributed by atoms with E-state index in [1.807, 2.05) is 43.3 Å². The summed E-state index contributed by atoms with van der Waals surface area (Å²) in [6, 6.07) is 11.9. The van der Waals surface area contributed by atoms with Gasteiger partial charge in [-0.25, -0.2) is 4.98 Å². The minimum absolute atomic E-state index is 0.00528. The molecule has 84 valence electrons. The number of aryl methyl sites for hydroxylation is 1. The minimum atomic E-state index is -0.00528. The number of carbonyl (C=O) groups is 1. The van der Waals surface area contributed by atoms with Crippen molar-refractivity contribution in [3.8, 4) is 0 Å². The molecular weight excluding hydrogens is 212 g/mol. The molecule has 0 amide bonds. The number of carbonyl (C=O) groups excluding carboxylic acids is 1. The fourth-order valence-electron chi connectivity index (χ4n) is 2.25. The van der Waals surface area contributed by atoms with Gasteiger partial charge in [-0.3, -0.25) is 9.36 Å². The van der Waals surface area contributed by atoms with E-state index in [0.29, 0.717) is 0 Å². The van der Waals surface area contributed by atoms with Crippen molar-refractivity contribution in [2.45, 2.75) is 13.8 Å². The quantitative estimate of drug-likeness (QED) is 0.588. The lowest BCUT2D eigenvalue weighted by Gasteiger charge is -2.00. The lowest BCUT2D eigenvalue weighted by atomic mass is 10.2. The second-order valence-corrected chi connectivity index (χ2v) is 4.20. The van der Waals surface area contributed by atoms with Crippen LogP contribution in [0.3, 0.4) is 0 Å². The number of para-hydroxylation sites is 1. The molecule has 0 aliphatic heterocycles. The first kappa shape index (κ1) is 10.0. The van der Waals surface area contributed by atoms with E-state index in [4.69, 9.17) is 0 Å². The van der Waals surface area contributed by atoms with Crippen LogP contribution < -0.4 is 0 Å². The van der Waals surface area contributed by atoms with Crippen LogP contribution in [0.15, 0.2) is 36.4 Å². The maximum absolute atomic E-state index is 11.8. The van der Waals surface area contributed by atoms with E-state index >= 15 is 0 Å². The fourth-order valence-corrected chi connectivity index (χ4v) is 2.25. The summed E-state index contributed by atoms with van der Waals surface area (Å²) >= 11 is 0. The Kier molecular flexibility index (Phi) is 2.01. The molecule has 0 bridgehead atoms. The lowest BCUT2D eigenvalue weighted by molar-refractivity contribution is 0.0946. The van der Waals surface area contributed by atoms with Crippen molar-refractivity contribution in [3.63, 3.8) is 0 Å². The standard InChI is InChI=1S/C14H12N2O/c1-9-7-8-12-11-5-3-4-6-13(11)16(10(2)17)14(12)15-9/h3-8H,1-2H3. The smallest absolute Gasteiger partial charge is 0.229 e. The normalized spacial score (nSPS) is 11.2. The highest BCUT2D eigenvalue weighted by atomic mass is 16.1. The van der Waals surface area contributed by atoms with E-state index in [9.17, 15) is 4.79 Å². The molecule has 0 saturated carbocycles. The molecule has 3 rings (SSSR count). The van der Waals surface area contributed by atoms with Gasteiger partial charge in [-0.15, -0.1) is 0 Å². The molecule has 0 fully saturated rings. The van der Waals surface area contributed by atoms with E-state index in [-0.39, 0.29) is 5.91 Å². The summed E-state index contributed by atoms with van der Waals surface area (Å²) in [6.07, 6.45) is 0. The largest absolute Gasteiger partial charge is 0.274 e. The molecule has 0 N–H and O–H groups in total. The number of benzene rings is 1. The summed E-state index contributed by atoms with van der Waals surface area (Å²) < 4.78 is 1.68. The van der Waals surface area contributed by atoms with Crippen molar-refractivity contribution in [3.05, 3.63) is 42.1 Å². The highest BCUT2D eigenvalue weighted by Crippen LogP contribution is 2.27. The van der Waals surface area contributed by atoms with Crippen LogP contribution in [0.4, 0.5) is 0 Å². The van der Waals surface area contributed by atoms with Crippen LogP contribution >= 0.6 is 0 Å². The average Bonchev–Trinajstić information content (AvgIpc) is 2.62. The van der Waals surface area contributed by atoms with Gasteiger partial charge in [0.25, 0.3) is 0 Å². The summed E-state index contributed by atoms with van der Waals surface area (Å²) in [5.41, 5.74) is 2.59. The summed E-state index contributed by atoms with van der Waals surface area (Å²) in [5, 5.41) is 2.10. The van der Waals surface area contributed by atoms with Crippen LogP contribution in [-0.2, 0) is 0 Å². The predicted molar refractivity (Wildman–Crippen MR) is 68.3 cm³/mol. The van der Waals surface area contributed by atoms with Gasteiger partial charge in [-0.1, -0.05) is 18.2 Å². The molecule has 0 radical (unpaired) electrons. The Labute approximate surface area is 98.7 Å². The highest BCUT2D eigenvalue weighted by molar-refractivity contribution is 6.11. The predicted octanol–water partition coefficient (Wildman–Crippen LogP) is 3.16. The van der Waals surface area contributed by atoms with Crippen molar-refractivity contribution in [2.75, 3.05) is 0 Å². The Bertz CT molecular complexity index is 740. The molecule has 2 heterocycles. The van der Waals surface area contributed by atoms with Gasteiger partial charge in [0, 0.05) is 23.4 Å². The molecule has 0 aliphatic carbocycles. The number of rotatable bonds is 0. The van der Waals surface area contributed by atoms with Crippen LogP contribution in [0, 0.1) is 6.92 Å². The van der Waals surface area contributed by atoms with E-state index < -0.39 is 0 Å². The number of aromatic nitrogens is 2. The molecule has 0 unspecified atom stereocenters. The Balaban J connectivity index is 2.62. The lowest BCUT2D eigenvalue weighted by Crippen LogP contribution is -2.05. The number of fused-ring (bicyclic) bond motifs is 3. The first-order valence-electron chi connectivity index (χ1n) is 5.56. The Hall–Kier alpha value is -2.16. The minimum Gasteiger partial charge on any atom is -0.274 e. The Morgan fingerprint density at radius 1 is 1.12 bits per heavy atom. The summed E-state index contributed by atoms with van der Waals surface area (Å²) in [6.45, 7) is 3.50. The average molecular weight is 224 g/mol. The Morgan fingerprint density at radius 2 is 1.88 bits per heavy atom. The first-order chi connectivity index (χ1) is 8.18. The van der Waals surface area contributed by atoms with Gasteiger partial charge in [-0.05, 0) is 25.1 Å². The van der Waals surface area contributed by atoms with Crippen LogP contribution in [-0.4, -0.2) is 15.5 Å². The van der Waals surface area contributed by atoms with Gasteiger partial charge < -0.3 is 0 Å². The van der Waals surface area contributed by atoms with Gasteiger partial charge in [0.05, 0.1) is 5.52 Å². The zero-order chi connectivity index (χ0) is 12.0. The zero-order valence-electron chi connectivity index (χ0n) is 9.77. The second kappa shape index (κ2) is 3.42. The van der Waals surface area contributed by atoms with Gasteiger partial charge in [-0.2, -0.15) is 0 Å². The van der Waals surface area contributed by atoms with Gasteiger partial charge >= 0.3 is 0 Å². The summed E-state index contributed by atoms with van der Waals surface area (Å²) in [5.74, 6) is -0.00528. The van der Waals surface area contributed by atoms with E-state index in [0.717, 1.165) is 27.6 Å². The molecule has 0 atom stereocenters. The monoisotopic (exact) mass is 224 g/mol. The number of nitrogens with zero attached hydrogens (tertiary/aromatic N) is 2. The highest BCUT2D eigenvalue weighted by Gasteiger charge is 2.13. The van der Waals surface area contributed by atoms with Crippen LogP contribution in [0.25, 0.3) is 21.9 Å². The Morgan fingerprint density at radius 3 is 2.65 bits per heavy atom. The maximum Gasteiger partial charge on any atom is 0.229 e. The van der Waals surface area contributed by atoms with E-state index in [2.05, 4.69) is 4.98 Å². The van der Waals surface area contributed by atoms with Crippen LogP contribution in [0.5, 0.6) is 0 Å². The molecule has 0 saturated heterocycles.